The summed E-state index contributed by atoms with van der Waals surface area (Å²) in [5, 5.41) is 13.4. The topological polar surface area (TPSA) is 58.3 Å². The Balaban J connectivity index is 2.75. The van der Waals surface area contributed by atoms with Crippen LogP contribution in [-0.4, -0.2) is 18.2 Å². The van der Waals surface area contributed by atoms with E-state index in [1.54, 1.807) is 6.07 Å². The van der Waals surface area contributed by atoms with Crippen LogP contribution < -0.4 is 11.1 Å². The normalized spacial score (nSPS) is 10.5. The third-order valence-corrected chi connectivity index (χ3v) is 2.25. The second kappa shape index (κ2) is 5.41. The van der Waals surface area contributed by atoms with Crippen molar-refractivity contribution in [1.29, 1.82) is 0 Å². The minimum Gasteiger partial charge on any atom is -0.506 e. The van der Waals surface area contributed by atoms with E-state index in [1.165, 1.54) is 6.07 Å². The van der Waals surface area contributed by atoms with Gasteiger partial charge >= 0.3 is 0 Å². The van der Waals surface area contributed by atoms with Crippen molar-refractivity contribution in [2.75, 3.05) is 13.1 Å². The van der Waals surface area contributed by atoms with Crippen molar-refractivity contribution in [3.8, 4) is 5.75 Å². The number of phenols is 1. The van der Waals surface area contributed by atoms with Crippen molar-refractivity contribution in [2.24, 2.45) is 5.73 Å². The van der Waals surface area contributed by atoms with E-state index in [0.29, 0.717) is 30.2 Å². The smallest absolute Gasteiger partial charge is 0.138 e. The Kier molecular flexibility index (Phi) is 4.48. The fraction of sp³-hybridized carbons (Fsp3) is 0.333. The first kappa shape index (κ1) is 11.6. The monoisotopic (exact) mass is 234 g/mol. The number of benzene rings is 1. The second-order valence-corrected chi connectivity index (χ2v) is 3.70. The second-order valence-electron chi connectivity index (χ2n) is 2.86. The molecular formula is C9H12Cl2N2O. The van der Waals surface area contributed by atoms with Gasteiger partial charge in [-0.05, 0) is 12.1 Å². The molecule has 78 valence electrons. The molecule has 5 heteroatoms. The van der Waals surface area contributed by atoms with E-state index in [9.17, 15) is 5.11 Å². The lowest BCUT2D eigenvalue weighted by Crippen LogP contribution is -2.21. The SMILES string of the molecule is NCCNCc1cc(Cl)cc(Cl)c1O. The van der Waals surface area contributed by atoms with Crippen molar-refractivity contribution in [1.82, 2.24) is 5.32 Å². The minimum absolute atomic E-state index is 0.0700. The fourth-order valence-electron chi connectivity index (χ4n) is 1.08. The zero-order chi connectivity index (χ0) is 10.6. The van der Waals surface area contributed by atoms with Gasteiger partial charge in [0.25, 0.3) is 0 Å². The Bertz CT molecular complexity index is 318. The van der Waals surface area contributed by atoms with Gasteiger partial charge in [-0.15, -0.1) is 0 Å². The third-order valence-electron chi connectivity index (χ3n) is 1.74. The van der Waals surface area contributed by atoms with Crippen molar-refractivity contribution in [3.05, 3.63) is 27.7 Å². The number of nitrogens with two attached hydrogens (primary N) is 1. The summed E-state index contributed by atoms with van der Waals surface area (Å²) in [6.07, 6.45) is 0. The van der Waals surface area contributed by atoms with Crippen LogP contribution in [0, 0.1) is 0 Å². The molecule has 0 bridgehead atoms. The molecular weight excluding hydrogens is 223 g/mol. The maximum absolute atomic E-state index is 9.56. The van der Waals surface area contributed by atoms with Crippen LogP contribution in [-0.2, 0) is 6.54 Å². The molecule has 0 aliphatic carbocycles. The molecule has 14 heavy (non-hydrogen) atoms. The van der Waals surface area contributed by atoms with Gasteiger partial charge in [0.15, 0.2) is 0 Å². The van der Waals surface area contributed by atoms with Gasteiger partial charge in [-0.25, -0.2) is 0 Å². The molecule has 0 aromatic heterocycles. The Hall–Kier alpha value is -0.480. The number of hydrogen-bond acceptors (Lipinski definition) is 3. The number of halogens is 2. The number of nitrogens with one attached hydrogen (secondary N) is 1. The van der Waals surface area contributed by atoms with E-state index >= 15 is 0 Å². The molecule has 0 aliphatic rings. The highest BCUT2D eigenvalue weighted by atomic mass is 35.5. The molecule has 0 saturated heterocycles. The molecule has 0 fully saturated rings. The van der Waals surface area contributed by atoms with E-state index < -0.39 is 0 Å². The van der Waals surface area contributed by atoms with Crippen LogP contribution in [0.5, 0.6) is 5.75 Å². The minimum atomic E-state index is 0.0700. The fourth-order valence-corrected chi connectivity index (χ4v) is 1.61. The number of aromatic hydroxyl groups is 1. The molecule has 0 radical (unpaired) electrons. The third kappa shape index (κ3) is 3.03. The number of hydrogen-bond donors (Lipinski definition) is 3. The predicted octanol–water partition coefficient (Wildman–Crippen LogP) is 1.75. The van der Waals surface area contributed by atoms with Gasteiger partial charge < -0.3 is 16.2 Å². The first-order valence-electron chi connectivity index (χ1n) is 4.23. The summed E-state index contributed by atoms with van der Waals surface area (Å²) in [4.78, 5) is 0. The lowest BCUT2D eigenvalue weighted by molar-refractivity contribution is 0.465. The molecule has 1 aromatic carbocycles. The van der Waals surface area contributed by atoms with E-state index in [2.05, 4.69) is 5.32 Å². The highest BCUT2D eigenvalue weighted by Gasteiger charge is 2.06. The summed E-state index contributed by atoms with van der Waals surface area (Å²) < 4.78 is 0. The van der Waals surface area contributed by atoms with Crippen LogP contribution >= 0.6 is 23.2 Å². The maximum atomic E-state index is 9.56. The van der Waals surface area contributed by atoms with Crippen LogP contribution in [0.25, 0.3) is 0 Å². The molecule has 1 rings (SSSR count). The highest BCUT2D eigenvalue weighted by Crippen LogP contribution is 2.30. The lowest BCUT2D eigenvalue weighted by atomic mass is 10.2. The Morgan fingerprint density at radius 2 is 2.07 bits per heavy atom. The van der Waals surface area contributed by atoms with Crippen molar-refractivity contribution >= 4 is 23.2 Å². The van der Waals surface area contributed by atoms with Gasteiger partial charge in [-0.2, -0.15) is 0 Å². The predicted molar refractivity (Wildman–Crippen MR) is 58.9 cm³/mol. The van der Waals surface area contributed by atoms with Crippen molar-refractivity contribution in [2.45, 2.75) is 6.54 Å². The lowest BCUT2D eigenvalue weighted by Gasteiger charge is -2.07. The van der Waals surface area contributed by atoms with Crippen LogP contribution in [0.2, 0.25) is 10.0 Å². The maximum Gasteiger partial charge on any atom is 0.138 e. The van der Waals surface area contributed by atoms with Crippen LogP contribution in [0.15, 0.2) is 12.1 Å². The standard InChI is InChI=1S/C9H12Cl2N2O/c10-7-3-6(5-13-2-1-12)9(14)8(11)4-7/h3-4,13-14H,1-2,5,12H2. The van der Waals surface area contributed by atoms with Crippen LogP contribution in [0.4, 0.5) is 0 Å². The van der Waals surface area contributed by atoms with Gasteiger partial charge in [0.2, 0.25) is 0 Å². The van der Waals surface area contributed by atoms with Crippen LogP contribution in [0.3, 0.4) is 0 Å². The van der Waals surface area contributed by atoms with E-state index in [0.717, 1.165) is 0 Å². The first-order valence-corrected chi connectivity index (χ1v) is 4.98. The molecule has 0 atom stereocenters. The summed E-state index contributed by atoms with van der Waals surface area (Å²) in [6, 6.07) is 3.18. The summed E-state index contributed by atoms with van der Waals surface area (Å²) >= 11 is 11.5. The van der Waals surface area contributed by atoms with E-state index in [1.807, 2.05) is 0 Å². The summed E-state index contributed by atoms with van der Waals surface area (Å²) in [6.45, 7) is 1.74. The molecule has 0 amide bonds. The summed E-state index contributed by atoms with van der Waals surface area (Å²) in [7, 11) is 0. The Morgan fingerprint density at radius 1 is 1.36 bits per heavy atom. The molecule has 0 saturated carbocycles. The zero-order valence-corrected chi connectivity index (χ0v) is 9.07. The molecule has 0 aliphatic heterocycles. The Labute approximate surface area is 92.8 Å². The first-order chi connectivity index (χ1) is 6.65. The quantitative estimate of drug-likeness (QED) is 0.697. The van der Waals surface area contributed by atoms with Gasteiger partial charge in [0.05, 0.1) is 5.02 Å². The molecule has 1 aromatic rings. The van der Waals surface area contributed by atoms with Crippen molar-refractivity contribution < 1.29 is 5.11 Å². The Morgan fingerprint density at radius 3 is 2.71 bits per heavy atom. The average Bonchev–Trinajstić information content (AvgIpc) is 2.13. The number of rotatable bonds is 4. The van der Waals surface area contributed by atoms with Gasteiger partial charge in [-0.3, -0.25) is 0 Å². The largest absolute Gasteiger partial charge is 0.506 e. The summed E-state index contributed by atoms with van der Waals surface area (Å²) in [5.74, 6) is 0.0700. The molecule has 0 spiro atoms. The molecule has 0 heterocycles. The number of phenolic OH excluding ortho intramolecular Hbond substituents is 1. The van der Waals surface area contributed by atoms with Gasteiger partial charge in [-0.1, -0.05) is 23.2 Å². The van der Waals surface area contributed by atoms with Crippen LogP contribution in [0.1, 0.15) is 5.56 Å². The summed E-state index contributed by atoms with van der Waals surface area (Å²) in [5.41, 5.74) is 5.99. The average molecular weight is 235 g/mol. The highest BCUT2D eigenvalue weighted by molar-refractivity contribution is 6.35. The molecule has 0 unspecified atom stereocenters. The van der Waals surface area contributed by atoms with Crippen molar-refractivity contribution in [3.63, 3.8) is 0 Å². The molecule has 3 nitrogen and oxygen atoms in total. The zero-order valence-electron chi connectivity index (χ0n) is 7.56. The van der Waals surface area contributed by atoms with Gasteiger partial charge in [0.1, 0.15) is 5.75 Å². The van der Waals surface area contributed by atoms with E-state index in [-0.39, 0.29) is 10.8 Å². The molecule has 4 N–H and O–H groups in total. The van der Waals surface area contributed by atoms with E-state index in [4.69, 9.17) is 28.9 Å². The van der Waals surface area contributed by atoms with Gasteiger partial charge in [0, 0.05) is 30.2 Å².